The lowest BCUT2D eigenvalue weighted by atomic mass is 9.86. The monoisotopic (exact) mass is 512 g/mol. The van der Waals surface area contributed by atoms with Crippen LogP contribution in [0.1, 0.15) is 64.6 Å². The molecule has 37 heavy (non-hydrogen) atoms. The first kappa shape index (κ1) is 27.7. The zero-order valence-corrected chi connectivity index (χ0v) is 22.5. The smallest absolute Gasteiger partial charge is 0.410 e. The Labute approximate surface area is 216 Å². The van der Waals surface area contributed by atoms with Crippen molar-refractivity contribution in [2.24, 2.45) is 5.41 Å². The van der Waals surface area contributed by atoms with Gasteiger partial charge in [0, 0.05) is 25.6 Å². The SMILES string of the molecule is CC(=O)NNC(=O)[C@@H](NC(=O)c1nc(-c2ccccc2)n2c1CN(C(=O)OC(C)(C)C)CC2)C(C)(C)C. The second kappa shape index (κ2) is 10.6. The summed E-state index contributed by atoms with van der Waals surface area (Å²) in [7, 11) is 0. The maximum Gasteiger partial charge on any atom is 0.410 e. The van der Waals surface area contributed by atoms with Crippen LogP contribution in [-0.2, 0) is 27.4 Å². The summed E-state index contributed by atoms with van der Waals surface area (Å²) in [5, 5.41) is 2.78. The number of nitrogens with zero attached hydrogens (tertiary/aromatic N) is 3. The first-order valence-corrected chi connectivity index (χ1v) is 12.2. The van der Waals surface area contributed by atoms with Crippen LogP contribution in [0.25, 0.3) is 11.4 Å². The number of carbonyl (C=O) groups excluding carboxylic acids is 4. The summed E-state index contributed by atoms with van der Waals surface area (Å²) in [6, 6.07) is 8.48. The van der Waals surface area contributed by atoms with Gasteiger partial charge in [-0.2, -0.15) is 0 Å². The van der Waals surface area contributed by atoms with Crippen LogP contribution in [0.2, 0.25) is 0 Å². The Kier molecular flexibility index (Phi) is 7.94. The van der Waals surface area contributed by atoms with Gasteiger partial charge in [-0.3, -0.25) is 25.2 Å². The average molecular weight is 513 g/mol. The summed E-state index contributed by atoms with van der Waals surface area (Å²) in [5.74, 6) is -0.970. The minimum atomic E-state index is -0.977. The molecule has 4 amide bonds. The summed E-state index contributed by atoms with van der Waals surface area (Å²) in [4.78, 5) is 56.7. The van der Waals surface area contributed by atoms with Crippen molar-refractivity contribution in [3.05, 3.63) is 41.7 Å². The summed E-state index contributed by atoms with van der Waals surface area (Å²) < 4.78 is 7.47. The van der Waals surface area contributed by atoms with Crippen molar-refractivity contribution in [2.45, 2.75) is 73.2 Å². The van der Waals surface area contributed by atoms with Crippen molar-refractivity contribution < 1.29 is 23.9 Å². The van der Waals surface area contributed by atoms with Gasteiger partial charge in [0.05, 0.1) is 12.2 Å². The lowest BCUT2D eigenvalue weighted by Crippen LogP contribution is -2.57. The van der Waals surface area contributed by atoms with Gasteiger partial charge in [0.25, 0.3) is 11.8 Å². The van der Waals surface area contributed by atoms with E-state index in [1.54, 1.807) is 46.4 Å². The maximum absolute atomic E-state index is 13.6. The number of carbonyl (C=O) groups is 4. The van der Waals surface area contributed by atoms with Gasteiger partial charge < -0.3 is 19.5 Å². The second-order valence-corrected chi connectivity index (χ2v) is 11.1. The topological polar surface area (TPSA) is 135 Å². The highest BCUT2D eigenvalue weighted by molar-refractivity contribution is 5.98. The van der Waals surface area contributed by atoms with Gasteiger partial charge in [-0.05, 0) is 26.2 Å². The molecule has 200 valence electrons. The van der Waals surface area contributed by atoms with Gasteiger partial charge in [0.2, 0.25) is 5.91 Å². The van der Waals surface area contributed by atoms with E-state index < -0.39 is 40.9 Å². The second-order valence-electron chi connectivity index (χ2n) is 11.1. The molecular formula is C26H36N6O5. The summed E-state index contributed by atoms with van der Waals surface area (Å²) in [5.41, 5.74) is 4.74. The van der Waals surface area contributed by atoms with E-state index in [9.17, 15) is 19.2 Å². The van der Waals surface area contributed by atoms with Crippen LogP contribution < -0.4 is 16.2 Å². The van der Waals surface area contributed by atoms with Gasteiger partial charge in [-0.15, -0.1) is 0 Å². The molecule has 0 unspecified atom stereocenters. The van der Waals surface area contributed by atoms with Gasteiger partial charge in [-0.25, -0.2) is 9.78 Å². The molecular weight excluding hydrogens is 476 g/mol. The van der Waals surface area contributed by atoms with Crippen LogP contribution in [-0.4, -0.2) is 56.5 Å². The molecule has 0 saturated heterocycles. The van der Waals surface area contributed by atoms with Crippen LogP contribution >= 0.6 is 0 Å². The molecule has 1 aromatic heterocycles. The molecule has 1 atom stereocenters. The predicted molar refractivity (Wildman–Crippen MR) is 137 cm³/mol. The summed E-state index contributed by atoms with van der Waals surface area (Å²) in [6.07, 6.45) is -0.477. The van der Waals surface area contributed by atoms with Crippen molar-refractivity contribution in [2.75, 3.05) is 6.54 Å². The molecule has 3 N–H and O–H groups in total. The fourth-order valence-electron chi connectivity index (χ4n) is 3.94. The number of ether oxygens (including phenoxy) is 1. The summed E-state index contributed by atoms with van der Waals surface area (Å²) in [6.45, 7) is 13.0. The highest BCUT2D eigenvalue weighted by atomic mass is 16.6. The highest BCUT2D eigenvalue weighted by Crippen LogP contribution is 2.28. The Balaban J connectivity index is 1.97. The van der Waals surface area contributed by atoms with E-state index in [0.29, 0.717) is 24.6 Å². The zero-order chi connectivity index (χ0) is 27.5. The van der Waals surface area contributed by atoms with Crippen molar-refractivity contribution >= 4 is 23.8 Å². The number of rotatable bonds is 4. The average Bonchev–Trinajstić information content (AvgIpc) is 3.18. The number of hydrogen-bond donors (Lipinski definition) is 3. The minimum Gasteiger partial charge on any atom is -0.444 e. The Bertz CT molecular complexity index is 1180. The number of benzene rings is 1. The van der Waals surface area contributed by atoms with Crippen molar-refractivity contribution in [3.8, 4) is 11.4 Å². The van der Waals surface area contributed by atoms with Gasteiger partial charge in [0.15, 0.2) is 5.69 Å². The van der Waals surface area contributed by atoms with Gasteiger partial charge in [0.1, 0.15) is 17.5 Å². The lowest BCUT2D eigenvalue weighted by Gasteiger charge is -2.32. The van der Waals surface area contributed by atoms with E-state index in [4.69, 9.17) is 4.74 Å². The van der Waals surface area contributed by atoms with E-state index in [0.717, 1.165) is 5.56 Å². The van der Waals surface area contributed by atoms with E-state index in [1.165, 1.54) is 6.92 Å². The molecule has 0 spiro atoms. The van der Waals surface area contributed by atoms with E-state index >= 15 is 0 Å². The van der Waals surface area contributed by atoms with Crippen molar-refractivity contribution in [1.29, 1.82) is 0 Å². The summed E-state index contributed by atoms with van der Waals surface area (Å²) >= 11 is 0. The number of hydrogen-bond acceptors (Lipinski definition) is 6. The zero-order valence-electron chi connectivity index (χ0n) is 22.5. The van der Waals surface area contributed by atoms with Crippen LogP contribution in [0.4, 0.5) is 4.79 Å². The fourth-order valence-corrected chi connectivity index (χ4v) is 3.94. The van der Waals surface area contributed by atoms with Crippen molar-refractivity contribution in [1.82, 2.24) is 30.6 Å². The Morgan fingerprint density at radius 1 is 0.973 bits per heavy atom. The third-order valence-corrected chi connectivity index (χ3v) is 5.67. The number of amides is 4. The molecule has 0 aliphatic carbocycles. The van der Waals surface area contributed by atoms with Crippen molar-refractivity contribution in [3.63, 3.8) is 0 Å². The molecule has 11 nitrogen and oxygen atoms in total. The largest absolute Gasteiger partial charge is 0.444 e. The van der Waals surface area contributed by atoms with Crippen LogP contribution in [0.3, 0.4) is 0 Å². The van der Waals surface area contributed by atoms with Crippen LogP contribution in [0.15, 0.2) is 30.3 Å². The first-order valence-electron chi connectivity index (χ1n) is 12.2. The minimum absolute atomic E-state index is 0.119. The number of imidazole rings is 1. The number of fused-ring (bicyclic) bond motifs is 1. The van der Waals surface area contributed by atoms with E-state index in [2.05, 4.69) is 21.2 Å². The number of aromatic nitrogens is 2. The number of hydrazine groups is 1. The Morgan fingerprint density at radius 2 is 1.62 bits per heavy atom. The fraction of sp³-hybridized carbons (Fsp3) is 0.500. The Hall–Kier alpha value is -3.89. The molecule has 11 heteroatoms. The van der Waals surface area contributed by atoms with Crippen LogP contribution in [0.5, 0.6) is 0 Å². The molecule has 1 aromatic carbocycles. The highest BCUT2D eigenvalue weighted by Gasteiger charge is 2.36. The quantitative estimate of drug-likeness (QED) is 0.539. The molecule has 0 saturated carbocycles. The predicted octanol–water partition coefficient (Wildman–Crippen LogP) is 2.61. The molecule has 0 bridgehead atoms. The standard InChI is InChI=1S/C26H36N6O5/c1-16(33)29-30-23(35)20(25(2,3)4)28-22(34)19-18-15-31(24(36)37-26(5,6)7)13-14-32(18)21(27-19)17-11-9-8-10-12-17/h8-12,20H,13-15H2,1-7H3,(H,28,34)(H,29,33)(H,30,35)/t20-/m1/s1. The number of nitrogens with one attached hydrogen (secondary N) is 3. The first-order chi connectivity index (χ1) is 17.2. The molecule has 2 heterocycles. The van der Waals surface area contributed by atoms with Gasteiger partial charge in [-0.1, -0.05) is 51.1 Å². The van der Waals surface area contributed by atoms with E-state index in [1.807, 2.05) is 34.9 Å². The Morgan fingerprint density at radius 3 is 2.19 bits per heavy atom. The molecule has 1 aliphatic heterocycles. The molecule has 0 radical (unpaired) electrons. The molecule has 2 aromatic rings. The maximum atomic E-state index is 13.6. The third kappa shape index (κ3) is 6.87. The molecule has 0 fully saturated rings. The van der Waals surface area contributed by atoms with Gasteiger partial charge >= 0.3 is 6.09 Å². The molecule has 1 aliphatic rings. The third-order valence-electron chi connectivity index (χ3n) is 5.67. The van der Waals surface area contributed by atoms with E-state index in [-0.39, 0.29) is 12.2 Å². The molecule has 3 rings (SSSR count). The lowest BCUT2D eigenvalue weighted by molar-refractivity contribution is -0.130. The van der Waals surface area contributed by atoms with Crippen LogP contribution in [0, 0.1) is 5.41 Å². The normalized spacial score (nSPS) is 14.3.